The van der Waals surface area contributed by atoms with Crippen molar-refractivity contribution in [1.82, 2.24) is 15.6 Å². The summed E-state index contributed by atoms with van der Waals surface area (Å²) in [7, 11) is 0. The Hall–Kier alpha value is -2.08. The molecule has 0 atom stereocenters. The van der Waals surface area contributed by atoms with E-state index in [-0.39, 0.29) is 18.4 Å². The number of nitrogens with one attached hydrogen (secondary N) is 3. The second-order valence-corrected chi connectivity index (χ2v) is 5.10. The lowest BCUT2D eigenvalue weighted by molar-refractivity contribution is -0.120. The number of hydrogen-bond donors (Lipinski definition) is 3. The van der Waals surface area contributed by atoms with E-state index >= 15 is 0 Å². The largest absolute Gasteiger partial charge is 0.367 e. The Kier molecular flexibility index (Phi) is 4.95. The van der Waals surface area contributed by atoms with Crippen LogP contribution in [-0.4, -0.2) is 23.3 Å². The van der Waals surface area contributed by atoms with Gasteiger partial charge in [0.1, 0.15) is 0 Å². The van der Waals surface area contributed by atoms with E-state index in [0.29, 0.717) is 12.1 Å². The molecule has 1 heterocycles. The average molecular weight is 336 g/mol. The van der Waals surface area contributed by atoms with Crippen molar-refractivity contribution in [3.63, 3.8) is 0 Å². The molecule has 3 N–H and O–H groups in total. The van der Waals surface area contributed by atoms with Gasteiger partial charge in [-0.25, -0.2) is 0 Å². The first-order valence-electron chi connectivity index (χ1n) is 6.07. The minimum Gasteiger partial charge on any atom is -0.367 e. The van der Waals surface area contributed by atoms with Crippen LogP contribution >= 0.6 is 15.9 Å². The molecule has 0 aliphatic heterocycles. The van der Waals surface area contributed by atoms with Crippen LogP contribution < -0.4 is 10.6 Å². The molecule has 104 valence electrons. The van der Waals surface area contributed by atoms with Gasteiger partial charge in [-0.1, -0.05) is 15.9 Å². The highest BCUT2D eigenvalue weighted by molar-refractivity contribution is 9.10. The van der Waals surface area contributed by atoms with E-state index in [0.717, 1.165) is 10.0 Å². The molecule has 0 radical (unpaired) electrons. The Morgan fingerprint density at radius 3 is 2.50 bits per heavy atom. The molecular weight excluding hydrogens is 322 g/mol. The van der Waals surface area contributed by atoms with Crippen molar-refractivity contribution < 1.29 is 9.59 Å². The molecule has 1 aromatic heterocycles. The number of H-pyrrole nitrogens is 1. The highest BCUT2D eigenvalue weighted by atomic mass is 79.9. The molecule has 0 bridgehead atoms. The summed E-state index contributed by atoms with van der Waals surface area (Å²) < 4.78 is 0.901. The Labute approximate surface area is 124 Å². The van der Waals surface area contributed by atoms with E-state index in [2.05, 4.69) is 31.5 Å². The lowest BCUT2D eigenvalue weighted by Crippen LogP contribution is -2.36. The van der Waals surface area contributed by atoms with E-state index in [4.69, 9.17) is 0 Å². The van der Waals surface area contributed by atoms with Gasteiger partial charge in [0.2, 0.25) is 5.91 Å². The third-order valence-corrected chi connectivity index (χ3v) is 3.20. The van der Waals surface area contributed by atoms with E-state index in [9.17, 15) is 9.59 Å². The Balaban J connectivity index is 1.75. The van der Waals surface area contributed by atoms with Gasteiger partial charge in [0.15, 0.2) is 0 Å². The third kappa shape index (κ3) is 4.24. The van der Waals surface area contributed by atoms with Gasteiger partial charge < -0.3 is 15.6 Å². The molecule has 6 heteroatoms. The Morgan fingerprint density at radius 1 is 1.10 bits per heavy atom. The molecule has 0 saturated carbocycles. The second-order valence-electron chi connectivity index (χ2n) is 4.19. The lowest BCUT2D eigenvalue weighted by atomic mass is 10.2. The van der Waals surface area contributed by atoms with Crippen LogP contribution in [0.15, 0.2) is 47.2 Å². The van der Waals surface area contributed by atoms with Crippen molar-refractivity contribution in [2.24, 2.45) is 0 Å². The topological polar surface area (TPSA) is 74.0 Å². The number of aromatic nitrogens is 1. The van der Waals surface area contributed by atoms with Crippen LogP contribution in [0, 0.1) is 0 Å². The van der Waals surface area contributed by atoms with Crippen molar-refractivity contribution in [2.75, 3.05) is 6.54 Å². The predicted octanol–water partition coefficient (Wildman–Crippen LogP) is 1.82. The predicted molar refractivity (Wildman–Crippen MR) is 79.1 cm³/mol. The average Bonchev–Trinajstić information content (AvgIpc) is 2.96. The number of benzene rings is 1. The van der Waals surface area contributed by atoms with Gasteiger partial charge in [-0.15, -0.1) is 0 Å². The second kappa shape index (κ2) is 6.91. The fourth-order valence-electron chi connectivity index (χ4n) is 1.60. The number of hydrogen-bond acceptors (Lipinski definition) is 2. The molecule has 0 fully saturated rings. The molecule has 2 aromatic rings. The van der Waals surface area contributed by atoms with E-state index in [1.54, 1.807) is 36.7 Å². The van der Waals surface area contributed by atoms with Crippen LogP contribution in [0.4, 0.5) is 0 Å². The summed E-state index contributed by atoms with van der Waals surface area (Å²) in [4.78, 5) is 26.3. The van der Waals surface area contributed by atoms with Crippen LogP contribution in [0.3, 0.4) is 0 Å². The van der Waals surface area contributed by atoms with Crippen LogP contribution in [-0.2, 0) is 11.3 Å². The summed E-state index contributed by atoms with van der Waals surface area (Å²) in [5.74, 6) is -0.494. The molecule has 0 saturated heterocycles. The SMILES string of the molecule is O=C(CNC(=O)c1ccc(Br)cc1)NCc1cc[nH]c1. The zero-order valence-electron chi connectivity index (χ0n) is 10.7. The van der Waals surface area contributed by atoms with Gasteiger partial charge in [-0.2, -0.15) is 0 Å². The Bertz CT molecular complexity index is 579. The van der Waals surface area contributed by atoms with Crippen LogP contribution in [0.5, 0.6) is 0 Å². The van der Waals surface area contributed by atoms with Crippen molar-refractivity contribution in [1.29, 1.82) is 0 Å². The number of halogens is 1. The molecule has 1 aromatic carbocycles. The minimum absolute atomic E-state index is 0.0423. The number of aromatic amines is 1. The summed E-state index contributed by atoms with van der Waals surface area (Å²) in [6, 6.07) is 8.82. The quantitative estimate of drug-likeness (QED) is 0.779. The fourth-order valence-corrected chi connectivity index (χ4v) is 1.86. The van der Waals surface area contributed by atoms with Crippen LogP contribution in [0.25, 0.3) is 0 Å². The molecule has 5 nitrogen and oxygen atoms in total. The van der Waals surface area contributed by atoms with Crippen molar-refractivity contribution in [2.45, 2.75) is 6.54 Å². The molecular formula is C14H14BrN3O2. The van der Waals surface area contributed by atoms with Crippen LogP contribution in [0.1, 0.15) is 15.9 Å². The highest BCUT2D eigenvalue weighted by Gasteiger charge is 2.07. The van der Waals surface area contributed by atoms with Gasteiger partial charge in [0, 0.05) is 29.0 Å². The molecule has 2 rings (SSSR count). The molecule has 2 amide bonds. The van der Waals surface area contributed by atoms with E-state index < -0.39 is 0 Å². The summed E-state index contributed by atoms with van der Waals surface area (Å²) in [6.45, 7) is 0.399. The number of rotatable bonds is 5. The summed E-state index contributed by atoms with van der Waals surface area (Å²) in [5, 5.41) is 5.29. The first-order valence-corrected chi connectivity index (χ1v) is 6.86. The van der Waals surface area contributed by atoms with Crippen molar-refractivity contribution >= 4 is 27.7 Å². The standard InChI is InChI=1S/C14H14BrN3O2/c15-12-3-1-11(2-4-12)14(20)18-9-13(19)17-8-10-5-6-16-7-10/h1-7,16H,8-9H2,(H,17,19)(H,18,20). The summed E-state index contributed by atoms with van der Waals surface area (Å²) in [6.07, 6.45) is 3.59. The van der Waals surface area contributed by atoms with Gasteiger partial charge >= 0.3 is 0 Å². The number of carbonyl (C=O) groups excluding carboxylic acids is 2. The van der Waals surface area contributed by atoms with Crippen LogP contribution in [0.2, 0.25) is 0 Å². The first-order chi connectivity index (χ1) is 9.65. The normalized spacial score (nSPS) is 10.1. The first kappa shape index (κ1) is 14.3. The van der Waals surface area contributed by atoms with E-state index in [1.165, 1.54) is 0 Å². The maximum absolute atomic E-state index is 11.8. The van der Waals surface area contributed by atoms with Crippen molar-refractivity contribution in [3.8, 4) is 0 Å². The van der Waals surface area contributed by atoms with Gasteiger partial charge in [0.25, 0.3) is 5.91 Å². The zero-order chi connectivity index (χ0) is 14.4. The number of carbonyl (C=O) groups is 2. The monoisotopic (exact) mass is 335 g/mol. The maximum atomic E-state index is 11.8. The van der Waals surface area contributed by atoms with Gasteiger partial charge in [-0.3, -0.25) is 9.59 Å². The fraction of sp³-hybridized carbons (Fsp3) is 0.143. The van der Waals surface area contributed by atoms with Gasteiger partial charge in [-0.05, 0) is 35.9 Å². The molecule has 0 aliphatic carbocycles. The minimum atomic E-state index is -0.269. The number of amides is 2. The summed E-state index contributed by atoms with van der Waals surface area (Å²) in [5.41, 5.74) is 1.50. The Morgan fingerprint density at radius 2 is 1.85 bits per heavy atom. The van der Waals surface area contributed by atoms with Crippen molar-refractivity contribution in [3.05, 3.63) is 58.3 Å². The van der Waals surface area contributed by atoms with E-state index in [1.807, 2.05) is 6.07 Å². The smallest absolute Gasteiger partial charge is 0.251 e. The molecule has 0 unspecified atom stereocenters. The zero-order valence-corrected chi connectivity index (χ0v) is 12.2. The highest BCUT2D eigenvalue weighted by Crippen LogP contribution is 2.10. The molecule has 0 spiro atoms. The van der Waals surface area contributed by atoms with Gasteiger partial charge in [0.05, 0.1) is 6.54 Å². The lowest BCUT2D eigenvalue weighted by Gasteiger charge is -2.06. The summed E-state index contributed by atoms with van der Waals surface area (Å²) >= 11 is 3.30. The molecule has 20 heavy (non-hydrogen) atoms. The maximum Gasteiger partial charge on any atom is 0.251 e. The third-order valence-electron chi connectivity index (χ3n) is 2.67. The molecule has 0 aliphatic rings.